The van der Waals surface area contributed by atoms with Crippen LogP contribution in [0.3, 0.4) is 0 Å². The topological polar surface area (TPSA) is 12.0 Å². The molecule has 0 spiro atoms. The van der Waals surface area contributed by atoms with Crippen LogP contribution >= 0.6 is 11.6 Å². The van der Waals surface area contributed by atoms with Crippen molar-refractivity contribution in [2.45, 2.75) is 26.2 Å². The Morgan fingerprint density at radius 2 is 2.00 bits per heavy atom. The molecule has 1 aromatic carbocycles. The van der Waals surface area contributed by atoms with Crippen molar-refractivity contribution in [3.8, 4) is 0 Å². The van der Waals surface area contributed by atoms with E-state index in [1.54, 1.807) is 0 Å². The molecule has 0 saturated heterocycles. The molecule has 0 bridgehead atoms. The van der Waals surface area contributed by atoms with Crippen LogP contribution in [0.1, 0.15) is 31.7 Å². The number of benzene rings is 1. The number of hydrogen-bond acceptors (Lipinski definition) is 1. The van der Waals surface area contributed by atoms with E-state index in [4.69, 9.17) is 11.6 Å². The molecule has 0 aliphatic carbocycles. The van der Waals surface area contributed by atoms with E-state index in [1.165, 1.54) is 12.0 Å². The Hall–Kier alpha value is -0.530. The molecule has 1 N–H and O–H groups in total. The number of hydrogen-bond donors (Lipinski definition) is 1. The van der Waals surface area contributed by atoms with E-state index in [-0.39, 0.29) is 0 Å². The Bertz CT molecular complexity index is 298. The first-order valence-corrected chi connectivity index (χ1v) is 5.97. The molecular weight excluding hydrogens is 206 g/mol. The second-order valence-electron chi connectivity index (χ2n) is 4.07. The van der Waals surface area contributed by atoms with Crippen LogP contribution in [0, 0.1) is 5.92 Å². The molecule has 0 radical (unpaired) electrons. The minimum atomic E-state index is 0.508. The van der Waals surface area contributed by atoms with Gasteiger partial charge >= 0.3 is 0 Å². The lowest BCUT2D eigenvalue weighted by Gasteiger charge is -2.24. The molecule has 0 aliphatic rings. The fourth-order valence-corrected chi connectivity index (χ4v) is 2.17. The van der Waals surface area contributed by atoms with E-state index >= 15 is 0 Å². The second kappa shape index (κ2) is 6.14. The van der Waals surface area contributed by atoms with Crippen molar-refractivity contribution < 1.29 is 0 Å². The van der Waals surface area contributed by atoms with Crippen molar-refractivity contribution in [1.82, 2.24) is 5.32 Å². The third-order valence-electron chi connectivity index (χ3n) is 3.06. The minimum absolute atomic E-state index is 0.508. The Kier molecular flexibility index (Phi) is 5.13. The van der Waals surface area contributed by atoms with Crippen molar-refractivity contribution in [3.05, 3.63) is 34.9 Å². The highest BCUT2D eigenvalue weighted by molar-refractivity contribution is 6.31. The summed E-state index contributed by atoms with van der Waals surface area (Å²) in [6.07, 6.45) is 1.18. The summed E-state index contributed by atoms with van der Waals surface area (Å²) in [6.45, 7) is 5.49. The van der Waals surface area contributed by atoms with Gasteiger partial charge in [0.15, 0.2) is 0 Å². The number of rotatable bonds is 5. The van der Waals surface area contributed by atoms with E-state index in [0.717, 1.165) is 11.6 Å². The van der Waals surface area contributed by atoms with Crippen LogP contribution in [-0.2, 0) is 0 Å². The molecule has 0 fully saturated rings. The van der Waals surface area contributed by atoms with Gasteiger partial charge in [0.2, 0.25) is 0 Å². The van der Waals surface area contributed by atoms with Crippen LogP contribution in [0.25, 0.3) is 0 Å². The average molecular weight is 226 g/mol. The highest BCUT2D eigenvalue weighted by atomic mass is 35.5. The monoisotopic (exact) mass is 225 g/mol. The summed E-state index contributed by atoms with van der Waals surface area (Å²) < 4.78 is 0. The summed E-state index contributed by atoms with van der Waals surface area (Å²) in [5, 5.41) is 4.14. The van der Waals surface area contributed by atoms with Gasteiger partial charge in [0.25, 0.3) is 0 Å². The fraction of sp³-hybridized carbons (Fsp3) is 0.538. The first kappa shape index (κ1) is 12.5. The molecule has 1 nitrogen and oxygen atoms in total. The Labute approximate surface area is 97.8 Å². The summed E-state index contributed by atoms with van der Waals surface area (Å²) in [7, 11) is 1.99. The molecule has 15 heavy (non-hydrogen) atoms. The zero-order chi connectivity index (χ0) is 11.3. The highest BCUT2D eigenvalue weighted by Crippen LogP contribution is 2.31. The molecule has 2 atom stereocenters. The van der Waals surface area contributed by atoms with Gasteiger partial charge in [-0.15, -0.1) is 0 Å². The van der Waals surface area contributed by atoms with Crippen LogP contribution in [0.5, 0.6) is 0 Å². The summed E-state index contributed by atoms with van der Waals surface area (Å²) in [6, 6.07) is 8.16. The van der Waals surface area contributed by atoms with Crippen LogP contribution in [-0.4, -0.2) is 13.6 Å². The molecule has 1 rings (SSSR count). The molecular formula is C13H20ClN. The number of nitrogens with one attached hydrogen (secondary N) is 1. The second-order valence-corrected chi connectivity index (χ2v) is 4.48. The standard InChI is InChI=1S/C13H20ClN/c1-4-10(2)12(9-15-3)11-7-5-6-8-13(11)14/h5-8,10,12,15H,4,9H2,1-3H3. The predicted octanol–water partition coefficient (Wildman–Crippen LogP) is 3.69. The summed E-state index contributed by atoms with van der Waals surface area (Å²) in [5.74, 6) is 1.16. The number of halogens is 1. The molecule has 0 amide bonds. The molecule has 0 saturated carbocycles. The van der Waals surface area contributed by atoms with Crippen LogP contribution in [0.2, 0.25) is 5.02 Å². The largest absolute Gasteiger partial charge is 0.319 e. The Morgan fingerprint density at radius 3 is 2.53 bits per heavy atom. The third kappa shape index (κ3) is 3.22. The summed E-state index contributed by atoms with van der Waals surface area (Å²) >= 11 is 6.23. The first-order chi connectivity index (χ1) is 7.20. The molecule has 0 heterocycles. The lowest BCUT2D eigenvalue weighted by molar-refractivity contribution is 0.432. The van der Waals surface area contributed by atoms with Crippen molar-refractivity contribution in [1.29, 1.82) is 0 Å². The lowest BCUT2D eigenvalue weighted by Crippen LogP contribution is -2.22. The average Bonchev–Trinajstić information content (AvgIpc) is 2.26. The van der Waals surface area contributed by atoms with Gasteiger partial charge in [-0.3, -0.25) is 0 Å². The zero-order valence-corrected chi connectivity index (χ0v) is 10.5. The molecule has 0 aliphatic heterocycles. The quantitative estimate of drug-likeness (QED) is 0.806. The number of likely N-dealkylation sites (N-methyl/N-ethyl adjacent to an activating group) is 1. The molecule has 0 aromatic heterocycles. The normalized spacial score (nSPS) is 14.9. The van der Waals surface area contributed by atoms with Crippen LogP contribution < -0.4 is 5.32 Å². The van der Waals surface area contributed by atoms with Crippen molar-refractivity contribution >= 4 is 11.6 Å². The maximum atomic E-state index is 6.23. The predicted molar refractivity (Wildman–Crippen MR) is 67.6 cm³/mol. The molecule has 84 valence electrons. The Balaban J connectivity index is 2.93. The maximum absolute atomic E-state index is 6.23. The summed E-state index contributed by atoms with van der Waals surface area (Å²) in [4.78, 5) is 0. The minimum Gasteiger partial charge on any atom is -0.319 e. The SMILES string of the molecule is CCC(C)C(CNC)c1ccccc1Cl. The Morgan fingerprint density at radius 1 is 1.33 bits per heavy atom. The lowest BCUT2D eigenvalue weighted by atomic mass is 9.85. The van der Waals surface area contributed by atoms with Gasteiger partial charge in [-0.1, -0.05) is 50.1 Å². The van der Waals surface area contributed by atoms with Crippen molar-refractivity contribution in [2.75, 3.05) is 13.6 Å². The fourth-order valence-electron chi connectivity index (χ4n) is 1.90. The summed E-state index contributed by atoms with van der Waals surface area (Å²) in [5.41, 5.74) is 1.27. The molecule has 2 unspecified atom stereocenters. The first-order valence-electron chi connectivity index (χ1n) is 5.59. The van der Waals surface area contributed by atoms with E-state index in [9.17, 15) is 0 Å². The van der Waals surface area contributed by atoms with Gasteiger partial charge in [-0.05, 0) is 24.6 Å². The van der Waals surface area contributed by atoms with Gasteiger partial charge in [-0.25, -0.2) is 0 Å². The third-order valence-corrected chi connectivity index (χ3v) is 3.40. The van der Waals surface area contributed by atoms with Crippen LogP contribution in [0.15, 0.2) is 24.3 Å². The van der Waals surface area contributed by atoms with E-state index in [1.807, 2.05) is 19.2 Å². The zero-order valence-electron chi connectivity index (χ0n) is 9.76. The van der Waals surface area contributed by atoms with Gasteiger partial charge in [-0.2, -0.15) is 0 Å². The molecule has 2 heteroatoms. The smallest absolute Gasteiger partial charge is 0.0441 e. The van der Waals surface area contributed by atoms with Gasteiger partial charge in [0.05, 0.1) is 0 Å². The van der Waals surface area contributed by atoms with Gasteiger partial charge in [0, 0.05) is 17.5 Å². The van der Waals surface area contributed by atoms with Gasteiger partial charge < -0.3 is 5.32 Å². The van der Waals surface area contributed by atoms with E-state index in [2.05, 4.69) is 31.3 Å². The van der Waals surface area contributed by atoms with Crippen molar-refractivity contribution in [2.24, 2.45) is 5.92 Å². The molecule has 1 aromatic rings. The van der Waals surface area contributed by atoms with Crippen LogP contribution in [0.4, 0.5) is 0 Å². The van der Waals surface area contributed by atoms with E-state index in [0.29, 0.717) is 11.8 Å². The van der Waals surface area contributed by atoms with Gasteiger partial charge in [0.1, 0.15) is 0 Å². The highest BCUT2D eigenvalue weighted by Gasteiger charge is 2.19. The maximum Gasteiger partial charge on any atom is 0.0441 e. The van der Waals surface area contributed by atoms with E-state index < -0.39 is 0 Å². The van der Waals surface area contributed by atoms with Crippen molar-refractivity contribution in [3.63, 3.8) is 0 Å².